The number of benzene rings is 3. The molecule has 0 unspecified atom stereocenters. The number of carbonyl (C=O) groups is 1. The topological polar surface area (TPSA) is 41.9 Å². The fraction of sp³-hybridized carbons (Fsp3) is 0.200. The Kier molecular flexibility index (Phi) is 5.17. The summed E-state index contributed by atoms with van der Waals surface area (Å²) < 4.78 is 0. The fourth-order valence-corrected chi connectivity index (χ4v) is 3.60. The number of oxime groups is 1. The van der Waals surface area contributed by atoms with E-state index in [2.05, 4.69) is 48.5 Å². The Bertz CT molecular complexity index is 1020. The zero-order valence-corrected chi connectivity index (χ0v) is 16.9. The van der Waals surface area contributed by atoms with Crippen LogP contribution in [-0.2, 0) is 9.63 Å². The van der Waals surface area contributed by atoms with Gasteiger partial charge in [-0.1, -0.05) is 89.6 Å². The molecule has 2 atom stereocenters. The van der Waals surface area contributed by atoms with E-state index in [0.29, 0.717) is 5.71 Å². The third kappa shape index (κ3) is 3.79. The standard InChI is InChI=1S/C25H24N2O2/c1-17-9-11-18(12-10-17)19-13-15-21(16-14-19)24-22(25(28)27(2)3)23(26-29-24)20-7-5-4-6-8-20/h4-16,22,24H,1-3H3/t22-,24+/m1/s1. The van der Waals surface area contributed by atoms with E-state index in [1.165, 1.54) is 5.56 Å². The van der Waals surface area contributed by atoms with Crippen LogP contribution in [-0.4, -0.2) is 30.6 Å². The first-order valence-corrected chi connectivity index (χ1v) is 9.72. The zero-order chi connectivity index (χ0) is 20.4. The largest absolute Gasteiger partial charge is 0.386 e. The maximum Gasteiger partial charge on any atom is 0.235 e. The van der Waals surface area contributed by atoms with Gasteiger partial charge in [-0.15, -0.1) is 0 Å². The summed E-state index contributed by atoms with van der Waals surface area (Å²) in [6, 6.07) is 26.4. The first kappa shape index (κ1) is 18.9. The summed E-state index contributed by atoms with van der Waals surface area (Å²) in [4.78, 5) is 20.4. The van der Waals surface area contributed by atoms with Gasteiger partial charge in [-0.25, -0.2) is 0 Å². The van der Waals surface area contributed by atoms with Gasteiger partial charge in [0.2, 0.25) is 5.91 Å². The quantitative estimate of drug-likeness (QED) is 0.646. The van der Waals surface area contributed by atoms with Gasteiger partial charge in [0.15, 0.2) is 6.10 Å². The molecule has 0 bridgehead atoms. The summed E-state index contributed by atoms with van der Waals surface area (Å²) >= 11 is 0. The van der Waals surface area contributed by atoms with Crippen LogP contribution in [0.2, 0.25) is 0 Å². The summed E-state index contributed by atoms with van der Waals surface area (Å²) in [6.07, 6.45) is -0.438. The smallest absolute Gasteiger partial charge is 0.235 e. The van der Waals surface area contributed by atoms with Gasteiger partial charge in [0, 0.05) is 19.7 Å². The summed E-state index contributed by atoms with van der Waals surface area (Å²) in [5.74, 6) is -0.490. The van der Waals surface area contributed by atoms with Crippen molar-refractivity contribution in [1.29, 1.82) is 0 Å². The van der Waals surface area contributed by atoms with Gasteiger partial charge in [0.25, 0.3) is 0 Å². The van der Waals surface area contributed by atoms with Crippen LogP contribution in [0.25, 0.3) is 11.1 Å². The van der Waals surface area contributed by atoms with Crippen molar-refractivity contribution < 1.29 is 9.63 Å². The van der Waals surface area contributed by atoms with Crippen LogP contribution in [0.5, 0.6) is 0 Å². The molecule has 0 saturated carbocycles. The Morgan fingerprint density at radius 2 is 1.41 bits per heavy atom. The lowest BCUT2D eigenvalue weighted by atomic mass is 9.87. The highest BCUT2D eigenvalue weighted by Gasteiger charge is 2.42. The first-order chi connectivity index (χ1) is 14.0. The first-order valence-electron chi connectivity index (χ1n) is 9.72. The van der Waals surface area contributed by atoms with E-state index in [1.54, 1.807) is 19.0 Å². The second kappa shape index (κ2) is 7.92. The number of nitrogens with zero attached hydrogens (tertiary/aromatic N) is 2. The van der Waals surface area contributed by atoms with Crippen LogP contribution in [0.4, 0.5) is 0 Å². The van der Waals surface area contributed by atoms with Crippen molar-refractivity contribution in [2.24, 2.45) is 11.1 Å². The highest BCUT2D eigenvalue weighted by atomic mass is 16.6. The average Bonchev–Trinajstić information content (AvgIpc) is 3.19. The third-order valence-electron chi connectivity index (χ3n) is 5.26. The molecule has 0 fully saturated rings. The van der Waals surface area contributed by atoms with E-state index in [-0.39, 0.29) is 5.91 Å². The van der Waals surface area contributed by atoms with Gasteiger partial charge in [0.05, 0.1) is 0 Å². The van der Waals surface area contributed by atoms with E-state index < -0.39 is 12.0 Å². The molecule has 3 aromatic carbocycles. The molecule has 4 heteroatoms. The molecule has 0 aromatic heterocycles. The Hall–Kier alpha value is -3.40. The minimum Gasteiger partial charge on any atom is -0.386 e. The third-order valence-corrected chi connectivity index (χ3v) is 5.26. The Labute approximate surface area is 171 Å². The molecule has 4 rings (SSSR count). The molecule has 4 nitrogen and oxygen atoms in total. The van der Waals surface area contributed by atoms with Crippen molar-refractivity contribution in [1.82, 2.24) is 4.90 Å². The van der Waals surface area contributed by atoms with Crippen molar-refractivity contribution in [2.75, 3.05) is 14.1 Å². The second-order valence-electron chi connectivity index (χ2n) is 7.57. The van der Waals surface area contributed by atoms with Gasteiger partial charge in [-0.3, -0.25) is 4.79 Å². The van der Waals surface area contributed by atoms with E-state index in [1.807, 2.05) is 42.5 Å². The molecule has 0 radical (unpaired) electrons. The molecule has 1 amide bonds. The van der Waals surface area contributed by atoms with Crippen molar-refractivity contribution in [3.8, 4) is 11.1 Å². The molecule has 3 aromatic rings. The molecule has 0 saturated heterocycles. The SMILES string of the molecule is Cc1ccc(-c2ccc([C@@H]3ON=C(c4ccccc4)[C@H]3C(=O)N(C)C)cc2)cc1. The number of carbonyl (C=O) groups excluding carboxylic acids is 1. The van der Waals surface area contributed by atoms with Crippen LogP contribution in [0.15, 0.2) is 84.0 Å². The van der Waals surface area contributed by atoms with Crippen LogP contribution in [0.3, 0.4) is 0 Å². The molecule has 146 valence electrons. The van der Waals surface area contributed by atoms with Gasteiger partial charge in [0.1, 0.15) is 11.6 Å². The number of rotatable bonds is 4. The summed E-state index contributed by atoms with van der Waals surface area (Å²) in [7, 11) is 3.53. The summed E-state index contributed by atoms with van der Waals surface area (Å²) in [6.45, 7) is 2.08. The molecule has 1 aliphatic heterocycles. The number of amides is 1. The van der Waals surface area contributed by atoms with E-state index in [4.69, 9.17) is 4.84 Å². The predicted molar refractivity (Wildman–Crippen MR) is 116 cm³/mol. The molecule has 0 N–H and O–H groups in total. The number of hydrogen-bond donors (Lipinski definition) is 0. The minimum absolute atomic E-state index is 0.0160. The van der Waals surface area contributed by atoms with Crippen LogP contribution >= 0.6 is 0 Å². The molecule has 1 aliphatic rings. The van der Waals surface area contributed by atoms with Gasteiger partial charge in [-0.2, -0.15) is 0 Å². The zero-order valence-electron chi connectivity index (χ0n) is 16.9. The maximum absolute atomic E-state index is 13.0. The molecule has 1 heterocycles. The van der Waals surface area contributed by atoms with Gasteiger partial charge < -0.3 is 9.74 Å². The van der Waals surface area contributed by atoms with Crippen LogP contribution in [0.1, 0.15) is 22.8 Å². The Balaban J connectivity index is 1.65. The lowest BCUT2D eigenvalue weighted by Gasteiger charge is -2.22. The molecular formula is C25H24N2O2. The lowest BCUT2D eigenvalue weighted by molar-refractivity contribution is -0.133. The molecule has 0 aliphatic carbocycles. The lowest BCUT2D eigenvalue weighted by Crippen LogP contribution is -2.36. The van der Waals surface area contributed by atoms with Crippen molar-refractivity contribution in [3.63, 3.8) is 0 Å². The summed E-state index contributed by atoms with van der Waals surface area (Å²) in [5, 5.41) is 4.31. The average molecular weight is 384 g/mol. The summed E-state index contributed by atoms with van der Waals surface area (Å²) in [5.41, 5.74) is 6.06. The van der Waals surface area contributed by atoms with Crippen LogP contribution in [0, 0.1) is 12.8 Å². The molecule has 29 heavy (non-hydrogen) atoms. The normalized spacial score (nSPS) is 18.1. The second-order valence-corrected chi connectivity index (χ2v) is 7.57. The van der Waals surface area contributed by atoms with Crippen molar-refractivity contribution in [2.45, 2.75) is 13.0 Å². The molecular weight excluding hydrogens is 360 g/mol. The number of aryl methyl sites for hydroxylation is 1. The van der Waals surface area contributed by atoms with Crippen molar-refractivity contribution >= 4 is 11.6 Å². The minimum atomic E-state index is -0.474. The van der Waals surface area contributed by atoms with Gasteiger partial charge >= 0.3 is 0 Å². The number of hydrogen-bond acceptors (Lipinski definition) is 3. The highest BCUT2D eigenvalue weighted by Crippen LogP contribution is 2.37. The Morgan fingerprint density at radius 3 is 2.00 bits per heavy atom. The van der Waals surface area contributed by atoms with Gasteiger partial charge in [-0.05, 0) is 23.6 Å². The fourth-order valence-electron chi connectivity index (χ4n) is 3.60. The Morgan fingerprint density at radius 1 is 0.828 bits per heavy atom. The van der Waals surface area contributed by atoms with E-state index in [0.717, 1.165) is 22.3 Å². The maximum atomic E-state index is 13.0. The van der Waals surface area contributed by atoms with Crippen LogP contribution < -0.4 is 0 Å². The van der Waals surface area contributed by atoms with Crippen molar-refractivity contribution in [3.05, 3.63) is 95.6 Å². The van der Waals surface area contributed by atoms with E-state index in [9.17, 15) is 4.79 Å². The molecule has 0 spiro atoms. The predicted octanol–water partition coefficient (Wildman–Crippen LogP) is 4.84. The van der Waals surface area contributed by atoms with E-state index >= 15 is 0 Å². The highest BCUT2D eigenvalue weighted by molar-refractivity contribution is 6.14. The monoisotopic (exact) mass is 384 g/mol.